The first-order chi connectivity index (χ1) is 17.0. The Labute approximate surface area is 212 Å². The summed E-state index contributed by atoms with van der Waals surface area (Å²) in [5.74, 6) is 0.650. The molecule has 0 unspecified atom stereocenters. The van der Waals surface area contributed by atoms with E-state index in [0.717, 1.165) is 16.7 Å². The summed E-state index contributed by atoms with van der Waals surface area (Å²) in [6, 6.07) is 16.2. The molecule has 4 aromatic rings. The Morgan fingerprint density at radius 2 is 1.58 bits per heavy atom. The van der Waals surface area contributed by atoms with E-state index in [1.807, 2.05) is 58.9 Å². The fourth-order valence-corrected chi connectivity index (χ4v) is 5.70. The van der Waals surface area contributed by atoms with Crippen molar-refractivity contribution < 1.29 is 22.5 Å². The smallest absolute Gasteiger partial charge is 0.496 e. The number of hydrogen-bond donors (Lipinski definition) is 0. The lowest BCUT2D eigenvalue weighted by Crippen LogP contribution is -2.41. The molecule has 2 aromatic carbocycles. The van der Waals surface area contributed by atoms with Crippen molar-refractivity contribution in [3.63, 3.8) is 0 Å². The highest BCUT2D eigenvalue weighted by Crippen LogP contribution is 2.40. The van der Waals surface area contributed by atoms with E-state index < -0.39 is 28.3 Å². The van der Waals surface area contributed by atoms with Crippen LogP contribution in [0.3, 0.4) is 0 Å². The van der Waals surface area contributed by atoms with Crippen LogP contribution in [0.15, 0.2) is 71.9 Å². The van der Waals surface area contributed by atoms with Gasteiger partial charge in [-0.15, -0.1) is 0 Å². The van der Waals surface area contributed by atoms with Crippen LogP contribution in [0.5, 0.6) is 5.75 Å². The minimum absolute atomic E-state index is 0.196. The molecule has 0 radical (unpaired) electrons. The van der Waals surface area contributed by atoms with Crippen LogP contribution in [-0.2, 0) is 19.3 Å². The molecule has 0 atom stereocenters. The number of para-hydroxylation sites is 1. The Hall–Kier alpha value is -3.14. The number of aromatic nitrogens is 2. The summed E-state index contributed by atoms with van der Waals surface area (Å²) in [7, 11) is -2.94. The summed E-state index contributed by atoms with van der Waals surface area (Å²) in [6.07, 6.45) is 3.19. The largest absolute Gasteiger partial charge is 0.497 e. The second kappa shape index (κ2) is 8.47. The minimum Gasteiger partial charge on any atom is -0.496 e. The maximum absolute atomic E-state index is 13.6. The molecule has 3 heterocycles. The lowest BCUT2D eigenvalue weighted by molar-refractivity contribution is 0.00578. The van der Waals surface area contributed by atoms with Crippen LogP contribution in [-0.4, -0.2) is 42.8 Å². The molecule has 7 nitrogen and oxygen atoms in total. The van der Waals surface area contributed by atoms with Crippen molar-refractivity contribution in [1.82, 2.24) is 8.96 Å². The standard InChI is InChI=1S/C27H29BN2O5S/c1-18-11-13-19(14-12-18)36(31,32)30-16-15-21-24(20-9-7-8-10-23(20)33-6)22(17-29-25(21)30)28-34-26(2,3)27(4,5)35-28/h7-17H,1-6H3. The number of hydrogen-bond acceptors (Lipinski definition) is 6. The number of rotatable bonds is 5. The number of aryl methyl sites for hydroxylation is 1. The van der Waals surface area contributed by atoms with Crippen LogP contribution < -0.4 is 10.2 Å². The van der Waals surface area contributed by atoms with Crippen LogP contribution >= 0.6 is 0 Å². The van der Waals surface area contributed by atoms with Crippen molar-refractivity contribution in [2.75, 3.05) is 7.11 Å². The van der Waals surface area contributed by atoms with Gasteiger partial charge >= 0.3 is 7.12 Å². The van der Waals surface area contributed by atoms with Gasteiger partial charge in [-0.3, -0.25) is 0 Å². The Balaban J connectivity index is 1.76. The second-order valence-electron chi connectivity index (χ2n) is 10.0. The highest BCUT2D eigenvalue weighted by Gasteiger charge is 2.52. The summed E-state index contributed by atoms with van der Waals surface area (Å²) < 4.78 is 46.7. The average molecular weight is 504 g/mol. The average Bonchev–Trinajstić information content (AvgIpc) is 3.36. The molecule has 5 rings (SSSR count). The van der Waals surface area contributed by atoms with Gasteiger partial charge in [0.2, 0.25) is 0 Å². The summed E-state index contributed by atoms with van der Waals surface area (Å²) in [6.45, 7) is 9.89. The van der Waals surface area contributed by atoms with Gasteiger partial charge < -0.3 is 14.0 Å². The molecule has 186 valence electrons. The highest BCUT2D eigenvalue weighted by molar-refractivity contribution is 7.90. The molecule has 0 bridgehead atoms. The maximum atomic E-state index is 13.6. The molecule has 2 aromatic heterocycles. The molecule has 0 saturated carbocycles. The minimum atomic E-state index is -3.86. The van der Waals surface area contributed by atoms with Gasteiger partial charge in [0.1, 0.15) is 5.75 Å². The molecule has 1 aliphatic heterocycles. The van der Waals surface area contributed by atoms with E-state index in [0.29, 0.717) is 22.2 Å². The molecule has 0 N–H and O–H groups in total. The van der Waals surface area contributed by atoms with Gasteiger partial charge in [-0.25, -0.2) is 17.4 Å². The van der Waals surface area contributed by atoms with E-state index in [1.54, 1.807) is 49.8 Å². The molecular formula is C27H29BN2O5S. The number of methoxy groups -OCH3 is 1. The van der Waals surface area contributed by atoms with Crippen molar-refractivity contribution in [2.45, 2.75) is 50.7 Å². The lowest BCUT2D eigenvalue weighted by Gasteiger charge is -2.32. The van der Waals surface area contributed by atoms with Gasteiger partial charge in [-0.2, -0.15) is 0 Å². The molecule has 0 aliphatic carbocycles. The summed E-state index contributed by atoms with van der Waals surface area (Å²) in [5, 5.41) is 0.655. The van der Waals surface area contributed by atoms with Crippen molar-refractivity contribution in [3.05, 3.63) is 72.6 Å². The number of ether oxygens (including phenoxy) is 1. The van der Waals surface area contributed by atoms with Gasteiger partial charge in [-0.1, -0.05) is 35.9 Å². The predicted molar refractivity (Wildman–Crippen MR) is 141 cm³/mol. The topological polar surface area (TPSA) is 79.7 Å². The Morgan fingerprint density at radius 3 is 2.22 bits per heavy atom. The van der Waals surface area contributed by atoms with E-state index in [1.165, 1.54) is 3.97 Å². The van der Waals surface area contributed by atoms with E-state index in [-0.39, 0.29) is 4.90 Å². The fourth-order valence-electron chi connectivity index (χ4n) is 4.40. The first-order valence-electron chi connectivity index (χ1n) is 11.8. The van der Waals surface area contributed by atoms with Gasteiger partial charge in [0, 0.05) is 28.8 Å². The maximum Gasteiger partial charge on any atom is 0.497 e. The number of benzene rings is 2. The highest BCUT2D eigenvalue weighted by atomic mass is 32.2. The zero-order chi connectivity index (χ0) is 25.9. The van der Waals surface area contributed by atoms with E-state index in [9.17, 15) is 8.42 Å². The third-order valence-corrected chi connectivity index (χ3v) is 8.85. The summed E-state index contributed by atoms with van der Waals surface area (Å²) in [4.78, 5) is 4.81. The van der Waals surface area contributed by atoms with Gasteiger partial charge in [-0.05, 0) is 64.4 Å². The van der Waals surface area contributed by atoms with Crippen molar-refractivity contribution >= 4 is 33.6 Å². The molecule has 9 heteroatoms. The third-order valence-electron chi connectivity index (χ3n) is 7.17. The van der Waals surface area contributed by atoms with E-state index in [4.69, 9.17) is 14.0 Å². The van der Waals surface area contributed by atoms with Crippen molar-refractivity contribution in [1.29, 1.82) is 0 Å². The van der Waals surface area contributed by atoms with Gasteiger partial charge in [0.25, 0.3) is 10.0 Å². The molecule has 1 aliphatic rings. The summed E-state index contributed by atoms with van der Waals surface area (Å²) in [5.41, 5.74) is 2.45. The quantitative estimate of drug-likeness (QED) is 0.371. The van der Waals surface area contributed by atoms with Gasteiger partial charge in [0.05, 0.1) is 23.2 Å². The first-order valence-corrected chi connectivity index (χ1v) is 13.2. The lowest BCUT2D eigenvalue weighted by atomic mass is 9.74. The van der Waals surface area contributed by atoms with Crippen LogP contribution in [0.2, 0.25) is 0 Å². The van der Waals surface area contributed by atoms with E-state index in [2.05, 4.69) is 4.98 Å². The second-order valence-corrected chi connectivity index (χ2v) is 11.9. The molecule has 0 spiro atoms. The Kier molecular flexibility index (Phi) is 5.78. The van der Waals surface area contributed by atoms with Crippen LogP contribution in [0, 0.1) is 6.92 Å². The monoisotopic (exact) mass is 504 g/mol. The zero-order valence-electron chi connectivity index (χ0n) is 21.3. The van der Waals surface area contributed by atoms with Crippen LogP contribution in [0.4, 0.5) is 0 Å². The normalized spacial score (nSPS) is 17.0. The number of pyridine rings is 1. The number of fused-ring (bicyclic) bond motifs is 1. The first kappa shape index (κ1) is 24.6. The van der Waals surface area contributed by atoms with Crippen molar-refractivity contribution in [3.8, 4) is 16.9 Å². The number of nitrogens with zero attached hydrogens (tertiary/aromatic N) is 2. The zero-order valence-corrected chi connectivity index (χ0v) is 22.1. The molecular weight excluding hydrogens is 475 g/mol. The molecule has 36 heavy (non-hydrogen) atoms. The Morgan fingerprint density at radius 1 is 0.944 bits per heavy atom. The summed E-state index contributed by atoms with van der Waals surface area (Å²) >= 11 is 0. The van der Waals surface area contributed by atoms with Gasteiger partial charge in [0.15, 0.2) is 5.65 Å². The third kappa shape index (κ3) is 3.82. The van der Waals surface area contributed by atoms with E-state index >= 15 is 0 Å². The molecule has 1 fully saturated rings. The molecule has 0 amide bonds. The van der Waals surface area contributed by atoms with Crippen LogP contribution in [0.1, 0.15) is 33.3 Å². The SMILES string of the molecule is COc1ccccc1-c1c(B2OC(C)(C)C(C)(C)O2)cnc2c1ccn2S(=O)(=O)c1ccc(C)cc1. The van der Waals surface area contributed by atoms with Crippen LogP contribution in [0.25, 0.3) is 22.2 Å². The molecule has 1 saturated heterocycles. The van der Waals surface area contributed by atoms with Crippen molar-refractivity contribution in [2.24, 2.45) is 0 Å². The fraction of sp³-hybridized carbons (Fsp3) is 0.296. The Bertz CT molecular complexity index is 1540. The predicted octanol–water partition coefficient (Wildman–Crippen LogP) is 4.56.